The van der Waals surface area contributed by atoms with Gasteiger partial charge in [-0.05, 0) is 18.2 Å². The van der Waals surface area contributed by atoms with E-state index in [4.69, 9.17) is 10.2 Å². The number of aromatic amines is 1. The van der Waals surface area contributed by atoms with Crippen LogP contribution in [0.1, 0.15) is 21.7 Å². The van der Waals surface area contributed by atoms with Crippen molar-refractivity contribution in [1.82, 2.24) is 9.97 Å². The van der Waals surface area contributed by atoms with Crippen molar-refractivity contribution in [3.63, 3.8) is 0 Å². The zero-order valence-electron chi connectivity index (χ0n) is 10.4. The number of aliphatic hydroxyl groups is 1. The lowest BCUT2D eigenvalue weighted by Gasteiger charge is -2.01. The minimum absolute atomic E-state index is 0.309. The summed E-state index contributed by atoms with van der Waals surface area (Å²) in [7, 11) is 0. The quantitative estimate of drug-likeness (QED) is 0.436. The number of aromatic nitrogens is 2. The van der Waals surface area contributed by atoms with Gasteiger partial charge in [0.25, 0.3) is 0 Å². The van der Waals surface area contributed by atoms with Crippen LogP contribution in [0.3, 0.4) is 0 Å². The van der Waals surface area contributed by atoms with Gasteiger partial charge in [0, 0.05) is 41.8 Å². The van der Waals surface area contributed by atoms with E-state index in [-0.39, 0.29) is 0 Å². The Hall–Kier alpha value is -2.89. The topological polar surface area (TPSA) is 103 Å². The summed E-state index contributed by atoms with van der Waals surface area (Å²) in [5.74, 6) is -3.10. The lowest BCUT2D eigenvalue weighted by Crippen LogP contribution is -2.05. The minimum Gasteiger partial charge on any atom is -0.502 e. The van der Waals surface area contributed by atoms with Crippen LogP contribution in [0.5, 0.6) is 0 Å². The SMILES string of the molecule is O=C(O)/C(O)=C/C(=O)c1cc[nH]c1Cc1ccccn1. The van der Waals surface area contributed by atoms with E-state index in [1.165, 1.54) is 6.07 Å². The highest BCUT2D eigenvalue weighted by Gasteiger charge is 2.14. The number of hydrogen-bond acceptors (Lipinski definition) is 4. The number of H-pyrrole nitrogens is 1. The smallest absolute Gasteiger partial charge is 0.371 e. The molecule has 0 fully saturated rings. The first-order valence-corrected chi connectivity index (χ1v) is 5.82. The number of nitrogens with zero attached hydrogens (tertiary/aromatic N) is 1. The number of aliphatic carboxylic acids is 1. The van der Waals surface area contributed by atoms with Crippen molar-refractivity contribution in [3.8, 4) is 0 Å². The second-order valence-electron chi connectivity index (χ2n) is 4.07. The van der Waals surface area contributed by atoms with E-state index in [0.29, 0.717) is 23.8 Å². The van der Waals surface area contributed by atoms with E-state index in [1.807, 2.05) is 12.1 Å². The zero-order chi connectivity index (χ0) is 14.5. The lowest BCUT2D eigenvalue weighted by atomic mass is 10.1. The highest BCUT2D eigenvalue weighted by Crippen LogP contribution is 2.13. The van der Waals surface area contributed by atoms with Crippen molar-refractivity contribution in [3.05, 3.63) is 65.4 Å². The van der Waals surface area contributed by atoms with Crippen LogP contribution in [-0.2, 0) is 11.2 Å². The predicted octanol–water partition coefficient (Wildman–Crippen LogP) is 1.71. The summed E-state index contributed by atoms with van der Waals surface area (Å²) in [6.07, 6.45) is 4.33. The number of carboxylic acid groups (broad SMARTS) is 1. The Kier molecular flexibility index (Phi) is 3.95. The molecule has 2 aromatic heterocycles. The maximum atomic E-state index is 11.9. The molecule has 0 amide bonds. The normalized spacial score (nSPS) is 11.3. The Morgan fingerprint density at radius 2 is 2.05 bits per heavy atom. The molecule has 2 rings (SSSR count). The van der Waals surface area contributed by atoms with Gasteiger partial charge in [-0.2, -0.15) is 0 Å². The predicted molar refractivity (Wildman–Crippen MR) is 70.5 cm³/mol. The molecule has 0 aliphatic carbocycles. The number of pyridine rings is 1. The molecule has 102 valence electrons. The number of carboxylic acids is 1. The molecule has 0 saturated carbocycles. The molecule has 20 heavy (non-hydrogen) atoms. The number of rotatable bonds is 5. The standard InChI is InChI=1S/C14H12N2O4/c17-12(8-13(18)14(19)20)10-4-6-16-11(10)7-9-3-1-2-5-15-9/h1-6,8,16,18H,7H2,(H,19,20)/b13-8-. The fourth-order valence-electron chi connectivity index (χ4n) is 1.73. The van der Waals surface area contributed by atoms with Gasteiger partial charge in [0.05, 0.1) is 0 Å². The van der Waals surface area contributed by atoms with Gasteiger partial charge >= 0.3 is 5.97 Å². The molecule has 0 unspecified atom stereocenters. The van der Waals surface area contributed by atoms with Crippen LogP contribution in [0.25, 0.3) is 0 Å². The van der Waals surface area contributed by atoms with Crippen molar-refractivity contribution >= 4 is 11.8 Å². The molecule has 6 nitrogen and oxygen atoms in total. The Balaban J connectivity index is 2.23. The second kappa shape index (κ2) is 5.83. The summed E-state index contributed by atoms with van der Waals surface area (Å²) < 4.78 is 0. The van der Waals surface area contributed by atoms with E-state index < -0.39 is 17.5 Å². The molecule has 3 N–H and O–H groups in total. The highest BCUT2D eigenvalue weighted by atomic mass is 16.4. The van der Waals surface area contributed by atoms with Crippen molar-refractivity contribution < 1.29 is 19.8 Å². The van der Waals surface area contributed by atoms with Crippen LogP contribution < -0.4 is 0 Å². The summed E-state index contributed by atoms with van der Waals surface area (Å²) in [4.78, 5) is 29.5. The first-order chi connectivity index (χ1) is 9.58. The maximum Gasteiger partial charge on any atom is 0.371 e. The molecule has 2 aromatic rings. The Morgan fingerprint density at radius 3 is 2.70 bits per heavy atom. The van der Waals surface area contributed by atoms with Crippen LogP contribution in [0.2, 0.25) is 0 Å². The Morgan fingerprint density at radius 1 is 1.25 bits per heavy atom. The van der Waals surface area contributed by atoms with Gasteiger partial charge in [-0.3, -0.25) is 9.78 Å². The molecule has 0 aliphatic heterocycles. The molecular weight excluding hydrogens is 260 g/mol. The first kappa shape index (κ1) is 13.5. The number of hydrogen-bond donors (Lipinski definition) is 3. The number of carbonyl (C=O) groups excluding carboxylic acids is 1. The number of carbonyl (C=O) groups is 2. The van der Waals surface area contributed by atoms with E-state index in [2.05, 4.69) is 9.97 Å². The molecule has 0 radical (unpaired) electrons. The number of ketones is 1. The van der Waals surface area contributed by atoms with Crippen LogP contribution in [0.15, 0.2) is 48.5 Å². The molecule has 0 spiro atoms. The van der Waals surface area contributed by atoms with Crippen molar-refractivity contribution in [2.75, 3.05) is 0 Å². The van der Waals surface area contributed by atoms with Gasteiger partial charge < -0.3 is 15.2 Å². The van der Waals surface area contributed by atoms with Gasteiger partial charge in [-0.1, -0.05) is 6.07 Å². The summed E-state index contributed by atoms with van der Waals surface area (Å²) in [5.41, 5.74) is 1.70. The van der Waals surface area contributed by atoms with Gasteiger partial charge in [0.15, 0.2) is 5.78 Å². The fourth-order valence-corrected chi connectivity index (χ4v) is 1.73. The van der Waals surface area contributed by atoms with E-state index >= 15 is 0 Å². The van der Waals surface area contributed by atoms with Crippen LogP contribution >= 0.6 is 0 Å². The number of aliphatic hydroxyl groups excluding tert-OH is 1. The van der Waals surface area contributed by atoms with Gasteiger partial charge in [-0.25, -0.2) is 4.79 Å². The number of nitrogens with one attached hydrogen (secondary N) is 1. The zero-order valence-corrected chi connectivity index (χ0v) is 10.4. The molecule has 0 aliphatic rings. The summed E-state index contributed by atoms with van der Waals surface area (Å²) in [6.45, 7) is 0. The molecule has 2 heterocycles. The maximum absolute atomic E-state index is 11.9. The first-order valence-electron chi connectivity index (χ1n) is 5.82. The molecule has 0 bridgehead atoms. The molecular formula is C14H12N2O4. The molecule has 6 heteroatoms. The average molecular weight is 272 g/mol. The molecule has 0 aromatic carbocycles. The monoisotopic (exact) mass is 272 g/mol. The Bertz CT molecular complexity index is 659. The average Bonchev–Trinajstić information content (AvgIpc) is 2.88. The summed E-state index contributed by atoms with van der Waals surface area (Å²) >= 11 is 0. The third kappa shape index (κ3) is 3.11. The third-order valence-corrected chi connectivity index (χ3v) is 2.67. The van der Waals surface area contributed by atoms with Crippen molar-refractivity contribution in [2.24, 2.45) is 0 Å². The highest BCUT2D eigenvalue weighted by molar-refractivity contribution is 6.08. The number of allylic oxidation sites excluding steroid dienone is 1. The van der Waals surface area contributed by atoms with Gasteiger partial charge in [-0.15, -0.1) is 0 Å². The lowest BCUT2D eigenvalue weighted by molar-refractivity contribution is -0.135. The van der Waals surface area contributed by atoms with Crippen LogP contribution in [0.4, 0.5) is 0 Å². The fraction of sp³-hybridized carbons (Fsp3) is 0.0714. The van der Waals surface area contributed by atoms with E-state index in [0.717, 1.165) is 5.69 Å². The second-order valence-corrected chi connectivity index (χ2v) is 4.07. The van der Waals surface area contributed by atoms with Crippen LogP contribution in [-0.4, -0.2) is 31.9 Å². The van der Waals surface area contributed by atoms with E-state index in [1.54, 1.807) is 18.5 Å². The van der Waals surface area contributed by atoms with Crippen LogP contribution in [0, 0.1) is 0 Å². The minimum atomic E-state index is -1.54. The van der Waals surface area contributed by atoms with Crippen molar-refractivity contribution in [1.29, 1.82) is 0 Å². The molecule has 0 atom stereocenters. The Labute approximate surface area is 114 Å². The third-order valence-electron chi connectivity index (χ3n) is 2.67. The summed E-state index contributed by atoms with van der Waals surface area (Å²) in [5, 5.41) is 17.6. The van der Waals surface area contributed by atoms with Crippen molar-refractivity contribution in [2.45, 2.75) is 6.42 Å². The van der Waals surface area contributed by atoms with E-state index in [9.17, 15) is 9.59 Å². The summed E-state index contributed by atoms with van der Waals surface area (Å²) in [6, 6.07) is 6.98. The molecule has 0 saturated heterocycles. The van der Waals surface area contributed by atoms with Gasteiger partial charge in [0.1, 0.15) is 0 Å². The van der Waals surface area contributed by atoms with Gasteiger partial charge in [0.2, 0.25) is 5.76 Å². The largest absolute Gasteiger partial charge is 0.502 e.